The zero-order chi connectivity index (χ0) is 21.6. The third-order valence-corrected chi connectivity index (χ3v) is 10.0. The molecule has 5 atom stereocenters. The Morgan fingerprint density at radius 3 is 1.77 bits per heavy atom. The maximum atomic E-state index is 9.67. The van der Waals surface area contributed by atoms with E-state index in [0.29, 0.717) is 12.2 Å². The molecule has 190 valence electrons. The van der Waals surface area contributed by atoms with E-state index in [1.807, 2.05) is 0 Å². The normalized spacial score (nSPS) is 27.2. The molecule has 2 saturated carbocycles. The average molecular weight is 560 g/mol. The fourth-order valence-corrected chi connectivity index (χ4v) is 9.55. The van der Waals surface area contributed by atoms with E-state index in [0.717, 1.165) is 40.6 Å². The number of ether oxygens (including phenoxy) is 1. The predicted octanol–water partition coefficient (Wildman–Crippen LogP) is 4.39. The van der Waals surface area contributed by atoms with Crippen molar-refractivity contribution in [1.82, 2.24) is 0 Å². The van der Waals surface area contributed by atoms with E-state index in [4.69, 9.17) is 4.74 Å². The van der Waals surface area contributed by atoms with Gasteiger partial charge in [-0.25, -0.2) is 0 Å². The van der Waals surface area contributed by atoms with Gasteiger partial charge in [-0.3, -0.25) is 25.4 Å². The average Bonchev–Trinajstić information content (AvgIpc) is 3.16. The zero-order valence-corrected chi connectivity index (χ0v) is 23.1. The molecule has 8 heteroatoms. The van der Waals surface area contributed by atoms with E-state index in [9.17, 15) is 12.9 Å². The Morgan fingerprint density at radius 1 is 0.968 bits per heavy atom. The molecule has 0 spiro atoms. The summed E-state index contributed by atoms with van der Waals surface area (Å²) in [4.78, 5) is 0. The maximum absolute atomic E-state index is 9.67. The molecule has 31 heavy (non-hydrogen) atoms. The Morgan fingerprint density at radius 2 is 1.42 bits per heavy atom. The smallest absolute Gasteiger partial charge is 0.762 e. The Labute approximate surface area is 205 Å². The van der Waals surface area contributed by atoms with Gasteiger partial charge in [0.25, 0.3) is 0 Å². The van der Waals surface area contributed by atoms with Gasteiger partial charge in [0, 0.05) is 34.4 Å². The van der Waals surface area contributed by atoms with Crippen LogP contribution in [0.15, 0.2) is 6.08 Å². The Hall–Kier alpha value is 0.577. The standard InChI is InChI=1S/C13H18O.C9H21P.CH3.BF3.FH.Pd/c1-8(2)14-13-7-9-6-12(13)11-5-3-4-10(9)11;1-7(2)10(8(3)4)9(5)6;;2-1(3)4;;/h3,7-13H,5-6H2,1-2H3;7-9H,1-6H3;1H3;;1H;/q-2;;-1;;;. The minimum atomic E-state index is -3.67. The molecular formula is C23H43BF4OPPd-3. The van der Waals surface area contributed by atoms with Crippen molar-refractivity contribution >= 4 is 15.5 Å². The summed E-state index contributed by atoms with van der Waals surface area (Å²) in [5, 5.41) is 0. The molecule has 0 N–H and O–H groups in total. The molecule has 3 rings (SSSR count). The molecule has 2 fully saturated rings. The van der Waals surface area contributed by atoms with Gasteiger partial charge in [0.15, 0.2) is 0 Å². The van der Waals surface area contributed by atoms with Gasteiger partial charge in [-0.15, -0.1) is 0 Å². The van der Waals surface area contributed by atoms with Crippen molar-refractivity contribution in [3.63, 3.8) is 0 Å². The molecule has 0 saturated heterocycles. The first-order valence-corrected chi connectivity index (χ1v) is 12.6. The topological polar surface area (TPSA) is 9.23 Å². The van der Waals surface area contributed by atoms with Gasteiger partial charge in [-0.1, -0.05) is 24.9 Å². The van der Waals surface area contributed by atoms with Crippen molar-refractivity contribution in [1.29, 1.82) is 0 Å². The van der Waals surface area contributed by atoms with E-state index >= 15 is 0 Å². The molecule has 0 radical (unpaired) electrons. The predicted molar refractivity (Wildman–Crippen MR) is 125 cm³/mol. The van der Waals surface area contributed by atoms with Crippen LogP contribution in [0.2, 0.25) is 0 Å². The fourth-order valence-electron chi connectivity index (χ4n) is 5.55. The Kier molecular flexibility index (Phi) is 19.9. The summed E-state index contributed by atoms with van der Waals surface area (Å²) in [5.41, 5.74) is 2.81. The molecule has 0 aromatic carbocycles. The Bertz CT molecular complexity index is 459. The monoisotopic (exact) mass is 559 g/mol. The van der Waals surface area contributed by atoms with Crippen LogP contribution >= 0.6 is 7.92 Å². The second kappa shape index (κ2) is 17.1. The number of fused-ring (bicyclic) bond motifs is 5. The van der Waals surface area contributed by atoms with Crippen LogP contribution in [0, 0.1) is 43.6 Å². The molecule has 2 bridgehead atoms. The summed E-state index contributed by atoms with van der Waals surface area (Å²) in [6, 6.07) is 0. The summed E-state index contributed by atoms with van der Waals surface area (Å²) in [5.74, 6) is 3.16. The summed E-state index contributed by atoms with van der Waals surface area (Å²) in [6.07, 6.45) is 11.6. The quantitative estimate of drug-likeness (QED) is 0.210. The van der Waals surface area contributed by atoms with Crippen LogP contribution in [0.1, 0.15) is 68.2 Å². The van der Waals surface area contributed by atoms with Crippen LogP contribution in [-0.4, -0.2) is 36.7 Å². The largest absolute Gasteiger partial charge is 1.00 e. The first-order valence-electron chi connectivity index (χ1n) is 10.8. The number of halogens is 4. The third-order valence-electron chi connectivity index (χ3n) is 6.01. The SMILES string of the molecule is CC(C)OC1[CH-]C2CC1C1CC=[C-]C21.CC(C)[PH+](C(C)C)C(C)C.FB(F)F.[CH3-].[F-].[Pd]. The van der Waals surface area contributed by atoms with Crippen LogP contribution in [0.5, 0.6) is 0 Å². The fraction of sp³-hybridized carbons (Fsp3) is 0.826. The summed E-state index contributed by atoms with van der Waals surface area (Å²) >= 11 is 0. The van der Waals surface area contributed by atoms with Gasteiger partial charge in [0.05, 0.1) is 17.0 Å². The molecule has 0 amide bonds. The molecule has 0 aromatic rings. The Balaban J connectivity index is -0.000000415. The minimum Gasteiger partial charge on any atom is -1.00 e. The van der Waals surface area contributed by atoms with Crippen molar-refractivity contribution in [2.75, 3.05) is 0 Å². The van der Waals surface area contributed by atoms with E-state index < -0.39 is 7.54 Å². The van der Waals surface area contributed by atoms with Crippen molar-refractivity contribution in [2.24, 2.45) is 23.7 Å². The van der Waals surface area contributed by atoms with Crippen LogP contribution in [0.3, 0.4) is 0 Å². The van der Waals surface area contributed by atoms with E-state index in [-0.39, 0.29) is 40.5 Å². The molecule has 5 unspecified atom stereocenters. The van der Waals surface area contributed by atoms with Gasteiger partial charge in [-0.05, 0) is 61.3 Å². The van der Waals surface area contributed by atoms with E-state index in [1.165, 1.54) is 12.8 Å². The second-order valence-electron chi connectivity index (χ2n) is 9.41. The second-order valence-corrected chi connectivity index (χ2v) is 13.9. The van der Waals surface area contributed by atoms with Crippen LogP contribution in [-0.2, 0) is 25.2 Å². The van der Waals surface area contributed by atoms with Crippen LogP contribution in [0.4, 0.5) is 12.9 Å². The van der Waals surface area contributed by atoms with Crippen LogP contribution in [0.25, 0.3) is 0 Å². The molecule has 3 aliphatic carbocycles. The number of allylic oxidation sites excluding steroid dienone is 2. The first-order chi connectivity index (χ1) is 13.0. The van der Waals surface area contributed by atoms with Crippen molar-refractivity contribution in [3.05, 3.63) is 26.0 Å². The molecule has 1 nitrogen and oxygen atoms in total. The van der Waals surface area contributed by atoms with Crippen molar-refractivity contribution < 1.29 is 42.8 Å². The number of rotatable bonds is 5. The molecule has 3 aliphatic rings. The van der Waals surface area contributed by atoms with E-state index in [1.54, 1.807) is 0 Å². The van der Waals surface area contributed by atoms with Gasteiger partial charge < -0.3 is 22.9 Å². The van der Waals surface area contributed by atoms with Gasteiger partial charge in [-0.2, -0.15) is 11.8 Å². The van der Waals surface area contributed by atoms with Gasteiger partial charge in [0.2, 0.25) is 0 Å². The zero-order valence-electron chi connectivity index (χ0n) is 20.6. The molecular weight excluding hydrogens is 516 g/mol. The number of hydrogen-bond acceptors (Lipinski definition) is 1. The van der Waals surface area contributed by atoms with Crippen molar-refractivity contribution in [2.45, 2.75) is 97.4 Å². The molecule has 0 heterocycles. The maximum Gasteiger partial charge on any atom is 0.762 e. The van der Waals surface area contributed by atoms with Gasteiger partial charge >= 0.3 is 7.54 Å². The summed E-state index contributed by atoms with van der Waals surface area (Å²) in [7, 11) is -3.76. The minimum absolute atomic E-state index is 0. The van der Waals surface area contributed by atoms with Gasteiger partial charge in [0.1, 0.15) is 0 Å². The number of hydrogen-bond donors (Lipinski definition) is 0. The summed E-state index contributed by atoms with van der Waals surface area (Å²) < 4.78 is 35.0. The summed E-state index contributed by atoms with van der Waals surface area (Å²) in [6.45, 7) is 18.5. The molecule has 0 aromatic heterocycles. The van der Waals surface area contributed by atoms with E-state index in [2.05, 4.69) is 74.0 Å². The van der Waals surface area contributed by atoms with Crippen LogP contribution < -0.4 is 4.70 Å². The van der Waals surface area contributed by atoms with Crippen molar-refractivity contribution in [3.8, 4) is 0 Å². The molecule has 0 aliphatic heterocycles. The third kappa shape index (κ3) is 11.5. The first kappa shape index (κ1) is 36.2.